The highest BCUT2D eigenvalue weighted by Crippen LogP contribution is 2.31. The molecule has 0 aliphatic carbocycles. The zero-order valence-corrected chi connectivity index (χ0v) is 14.4. The Labute approximate surface area is 141 Å². The molecule has 6 heteroatoms. The number of aryl methyl sites for hydroxylation is 3. The zero-order valence-electron chi connectivity index (χ0n) is 14.4. The first-order valence-corrected chi connectivity index (χ1v) is 8.23. The number of carbonyl (C=O) groups excluding carboxylic acids is 1. The number of rotatable bonds is 5. The summed E-state index contributed by atoms with van der Waals surface area (Å²) in [4.78, 5) is 12.2. The lowest BCUT2D eigenvalue weighted by molar-refractivity contribution is -0.116. The van der Waals surface area contributed by atoms with Crippen LogP contribution in [-0.4, -0.2) is 28.9 Å². The molecule has 1 N–H and O–H groups in total. The molecule has 128 valence electrons. The third-order valence-electron chi connectivity index (χ3n) is 4.25. The van der Waals surface area contributed by atoms with E-state index in [0.29, 0.717) is 19.6 Å². The number of hydrogen-bond donors (Lipinski definition) is 1. The minimum atomic E-state index is 0.0201. The number of carbonyl (C=O) groups is 1. The minimum Gasteiger partial charge on any atom is -0.486 e. The number of nitrogens with one attached hydrogen (secondary N) is 1. The first-order valence-electron chi connectivity index (χ1n) is 8.23. The molecule has 0 saturated heterocycles. The molecule has 2 aromatic rings. The van der Waals surface area contributed by atoms with Crippen LogP contribution in [0.15, 0.2) is 18.2 Å². The molecule has 3 rings (SSSR count). The van der Waals surface area contributed by atoms with Gasteiger partial charge in [0.05, 0.1) is 17.1 Å². The van der Waals surface area contributed by atoms with E-state index in [9.17, 15) is 4.79 Å². The summed E-state index contributed by atoms with van der Waals surface area (Å²) >= 11 is 0. The van der Waals surface area contributed by atoms with Crippen LogP contribution < -0.4 is 14.8 Å². The van der Waals surface area contributed by atoms with E-state index in [1.807, 2.05) is 39.1 Å². The predicted octanol–water partition coefficient (Wildman–Crippen LogP) is 2.77. The predicted molar refractivity (Wildman–Crippen MR) is 91.7 cm³/mol. The van der Waals surface area contributed by atoms with E-state index in [2.05, 4.69) is 10.4 Å². The Morgan fingerprint density at radius 1 is 1.25 bits per heavy atom. The van der Waals surface area contributed by atoms with Gasteiger partial charge in [-0.15, -0.1) is 0 Å². The monoisotopic (exact) mass is 329 g/mol. The summed E-state index contributed by atoms with van der Waals surface area (Å²) in [5.74, 6) is 1.61. The molecule has 1 amide bonds. The molecule has 0 atom stereocenters. The minimum absolute atomic E-state index is 0.0201. The lowest BCUT2D eigenvalue weighted by atomic mass is 10.1. The fourth-order valence-corrected chi connectivity index (χ4v) is 2.85. The number of aromatic nitrogens is 2. The van der Waals surface area contributed by atoms with Gasteiger partial charge in [0.2, 0.25) is 5.91 Å². The highest BCUT2D eigenvalue weighted by Gasteiger charge is 2.13. The fraction of sp³-hybridized carbons (Fsp3) is 0.444. The second-order valence-electron chi connectivity index (χ2n) is 6.05. The van der Waals surface area contributed by atoms with Crippen molar-refractivity contribution in [3.05, 3.63) is 35.2 Å². The first kappa shape index (κ1) is 16.4. The third kappa shape index (κ3) is 3.53. The molecule has 0 fully saturated rings. The van der Waals surface area contributed by atoms with Crippen LogP contribution in [0.3, 0.4) is 0 Å². The Hall–Kier alpha value is -2.50. The van der Waals surface area contributed by atoms with Crippen LogP contribution in [0.1, 0.15) is 29.8 Å². The normalized spacial score (nSPS) is 13.0. The van der Waals surface area contributed by atoms with E-state index in [-0.39, 0.29) is 5.91 Å². The topological polar surface area (TPSA) is 65.4 Å². The molecule has 6 nitrogen and oxygen atoms in total. The maximum Gasteiger partial charge on any atom is 0.224 e. The number of hydrogen-bond acceptors (Lipinski definition) is 4. The van der Waals surface area contributed by atoms with Gasteiger partial charge < -0.3 is 14.8 Å². The Morgan fingerprint density at radius 3 is 2.71 bits per heavy atom. The van der Waals surface area contributed by atoms with Crippen LogP contribution in [0, 0.1) is 13.8 Å². The van der Waals surface area contributed by atoms with Gasteiger partial charge in [0.15, 0.2) is 11.5 Å². The fourth-order valence-electron chi connectivity index (χ4n) is 2.85. The molecular weight excluding hydrogens is 306 g/mol. The maximum absolute atomic E-state index is 12.2. The molecule has 0 saturated carbocycles. The van der Waals surface area contributed by atoms with Crippen molar-refractivity contribution in [3.8, 4) is 11.5 Å². The standard InChI is InChI=1S/C18H23N3O3/c1-12-18(13(2)21(3)20-12)19-17(22)6-4-5-14-7-8-15-16(11-14)24-10-9-23-15/h7-8,11H,4-6,9-10H2,1-3H3,(H,19,22). The number of amides is 1. The van der Waals surface area contributed by atoms with Gasteiger partial charge in [-0.2, -0.15) is 5.10 Å². The molecule has 24 heavy (non-hydrogen) atoms. The molecule has 0 bridgehead atoms. The van der Waals surface area contributed by atoms with Gasteiger partial charge in [0.25, 0.3) is 0 Å². The van der Waals surface area contributed by atoms with Crippen LogP contribution >= 0.6 is 0 Å². The number of ether oxygens (including phenoxy) is 2. The van der Waals surface area contributed by atoms with E-state index >= 15 is 0 Å². The van der Waals surface area contributed by atoms with E-state index in [1.165, 1.54) is 0 Å². The number of nitrogens with zero attached hydrogens (tertiary/aromatic N) is 2. The van der Waals surface area contributed by atoms with Crippen molar-refractivity contribution in [2.75, 3.05) is 18.5 Å². The van der Waals surface area contributed by atoms with Crippen molar-refractivity contribution in [3.63, 3.8) is 0 Å². The lowest BCUT2D eigenvalue weighted by Crippen LogP contribution is -2.15. The van der Waals surface area contributed by atoms with Crippen LogP contribution in [0.2, 0.25) is 0 Å². The van der Waals surface area contributed by atoms with Crippen molar-refractivity contribution in [1.29, 1.82) is 0 Å². The van der Waals surface area contributed by atoms with Crippen LogP contribution in [0.4, 0.5) is 5.69 Å². The van der Waals surface area contributed by atoms with Crippen molar-refractivity contribution in [1.82, 2.24) is 9.78 Å². The maximum atomic E-state index is 12.2. The van der Waals surface area contributed by atoms with Gasteiger partial charge in [0.1, 0.15) is 13.2 Å². The van der Waals surface area contributed by atoms with Crippen molar-refractivity contribution >= 4 is 11.6 Å². The smallest absolute Gasteiger partial charge is 0.224 e. The largest absolute Gasteiger partial charge is 0.486 e. The van der Waals surface area contributed by atoms with Crippen molar-refractivity contribution in [2.45, 2.75) is 33.1 Å². The highest BCUT2D eigenvalue weighted by atomic mass is 16.6. The summed E-state index contributed by atoms with van der Waals surface area (Å²) in [5.41, 5.74) is 3.78. The van der Waals surface area contributed by atoms with Gasteiger partial charge in [-0.05, 0) is 44.4 Å². The molecule has 2 heterocycles. The summed E-state index contributed by atoms with van der Waals surface area (Å²) in [5, 5.41) is 7.28. The molecule has 1 aliphatic rings. The van der Waals surface area contributed by atoms with Crippen LogP contribution in [0.25, 0.3) is 0 Å². The van der Waals surface area contributed by atoms with E-state index < -0.39 is 0 Å². The van der Waals surface area contributed by atoms with E-state index in [4.69, 9.17) is 9.47 Å². The molecule has 1 aromatic carbocycles. The first-order chi connectivity index (χ1) is 11.5. The molecule has 1 aliphatic heterocycles. The average Bonchev–Trinajstić information content (AvgIpc) is 2.81. The van der Waals surface area contributed by atoms with Crippen LogP contribution in [0.5, 0.6) is 11.5 Å². The third-order valence-corrected chi connectivity index (χ3v) is 4.25. The second kappa shape index (κ2) is 6.95. The highest BCUT2D eigenvalue weighted by molar-refractivity contribution is 5.91. The quantitative estimate of drug-likeness (QED) is 0.916. The SMILES string of the molecule is Cc1nn(C)c(C)c1NC(=O)CCCc1ccc2c(c1)OCCO2. The molecule has 0 radical (unpaired) electrons. The van der Waals surface area contributed by atoms with E-state index in [1.54, 1.807) is 4.68 Å². The lowest BCUT2D eigenvalue weighted by Gasteiger charge is -2.18. The Morgan fingerprint density at radius 2 is 2.00 bits per heavy atom. The summed E-state index contributed by atoms with van der Waals surface area (Å²) in [7, 11) is 1.87. The summed E-state index contributed by atoms with van der Waals surface area (Å²) in [6.45, 7) is 5.03. The Balaban J connectivity index is 1.52. The zero-order chi connectivity index (χ0) is 17.1. The summed E-state index contributed by atoms with van der Waals surface area (Å²) < 4.78 is 12.9. The molecular formula is C18H23N3O3. The molecule has 0 unspecified atom stereocenters. The Kier molecular flexibility index (Phi) is 4.74. The van der Waals surface area contributed by atoms with Gasteiger partial charge in [-0.3, -0.25) is 9.48 Å². The molecule has 1 aromatic heterocycles. The van der Waals surface area contributed by atoms with Crippen molar-refractivity contribution in [2.24, 2.45) is 7.05 Å². The van der Waals surface area contributed by atoms with Gasteiger partial charge >= 0.3 is 0 Å². The molecule has 0 spiro atoms. The summed E-state index contributed by atoms with van der Waals surface area (Å²) in [6.07, 6.45) is 2.08. The second-order valence-corrected chi connectivity index (χ2v) is 6.05. The number of fused-ring (bicyclic) bond motifs is 1. The van der Waals surface area contributed by atoms with Gasteiger partial charge in [-0.25, -0.2) is 0 Å². The summed E-state index contributed by atoms with van der Waals surface area (Å²) in [6, 6.07) is 5.97. The number of benzene rings is 1. The Bertz CT molecular complexity index is 752. The average molecular weight is 329 g/mol. The van der Waals surface area contributed by atoms with Gasteiger partial charge in [-0.1, -0.05) is 6.07 Å². The van der Waals surface area contributed by atoms with Crippen molar-refractivity contribution < 1.29 is 14.3 Å². The number of anilines is 1. The van der Waals surface area contributed by atoms with E-state index in [0.717, 1.165) is 47.0 Å². The van der Waals surface area contributed by atoms with Gasteiger partial charge in [0, 0.05) is 13.5 Å². The van der Waals surface area contributed by atoms with Crippen LogP contribution in [-0.2, 0) is 18.3 Å².